The Kier molecular flexibility index (Phi) is 5.30. The Labute approximate surface area is 155 Å². The molecule has 0 unspecified atom stereocenters. The third kappa shape index (κ3) is 4.38. The number of anilines is 1. The van der Waals surface area contributed by atoms with Gasteiger partial charge in [0.15, 0.2) is 0 Å². The molecule has 1 amide bonds. The van der Waals surface area contributed by atoms with E-state index in [0.717, 1.165) is 5.82 Å². The van der Waals surface area contributed by atoms with E-state index in [1.165, 1.54) is 6.07 Å². The van der Waals surface area contributed by atoms with Crippen molar-refractivity contribution < 1.29 is 4.79 Å². The molecule has 0 aliphatic rings. The van der Waals surface area contributed by atoms with E-state index in [4.69, 9.17) is 5.73 Å². The zero-order valence-electron chi connectivity index (χ0n) is 15.1. The van der Waals surface area contributed by atoms with E-state index in [0.29, 0.717) is 29.8 Å². The smallest absolute Gasteiger partial charge is 0.252 e. The van der Waals surface area contributed by atoms with Crippen LogP contribution in [0.1, 0.15) is 36.1 Å². The number of hydrogen-bond acceptors (Lipinski definition) is 6. The largest absolute Gasteiger partial charge is 0.369 e. The number of benzene rings is 1. The van der Waals surface area contributed by atoms with E-state index in [9.17, 15) is 9.59 Å². The van der Waals surface area contributed by atoms with Gasteiger partial charge in [-0.3, -0.25) is 14.6 Å². The second kappa shape index (κ2) is 7.81. The van der Waals surface area contributed by atoms with Crippen molar-refractivity contribution in [1.82, 2.24) is 30.0 Å². The number of aromatic nitrogens is 5. The van der Waals surface area contributed by atoms with Crippen LogP contribution in [0.3, 0.4) is 0 Å². The Morgan fingerprint density at radius 2 is 2.04 bits per heavy atom. The lowest BCUT2D eigenvalue weighted by atomic mass is 10.1. The minimum absolute atomic E-state index is 0.0496. The fraction of sp³-hybridized carbons (Fsp3) is 0.278. The molecule has 2 aromatic heterocycles. The normalized spacial score (nSPS) is 10.9. The summed E-state index contributed by atoms with van der Waals surface area (Å²) >= 11 is 0. The number of nitrogen functional groups attached to an aromatic ring is 1. The molecule has 0 radical (unpaired) electrons. The van der Waals surface area contributed by atoms with Crippen LogP contribution in [0.4, 0.5) is 5.95 Å². The minimum atomic E-state index is -0.325. The van der Waals surface area contributed by atoms with Crippen LogP contribution >= 0.6 is 0 Å². The molecule has 0 spiro atoms. The molecular formula is C18H21N7O2. The van der Waals surface area contributed by atoms with Crippen LogP contribution in [0.25, 0.3) is 11.3 Å². The fourth-order valence-electron chi connectivity index (χ4n) is 2.68. The maximum absolute atomic E-state index is 12.3. The number of nitrogens with one attached hydrogen (secondary N) is 2. The van der Waals surface area contributed by atoms with Crippen LogP contribution in [0.15, 0.2) is 41.5 Å². The molecule has 3 rings (SSSR count). The maximum Gasteiger partial charge on any atom is 0.252 e. The average Bonchev–Trinajstić information content (AvgIpc) is 3.10. The fourth-order valence-corrected chi connectivity index (χ4v) is 2.68. The summed E-state index contributed by atoms with van der Waals surface area (Å²) in [5.41, 5.74) is 6.91. The van der Waals surface area contributed by atoms with E-state index in [1.807, 2.05) is 4.57 Å². The molecule has 0 fully saturated rings. The summed E-state index contributed by atoms with van der Waals surface area (Å²) in [5.74, 6) is 0.697. The molecule has 3 aromatic rings. The first-order valence-electron chi connectivity index (χ1n) is 8.58. The average molecular weight is 367 g/mol. The van der Waals surface area contributed by atoms with E-state index in [2.05, 4.69) is 39.3 Å². The molecule has 0 aliphatic heterocycles. The first kappa shape index (κ1) is 18.3. The van der Waals surface area contributed by atoms with Crippen molar-refractivity contribution in [3.8, 4) is 11.3 Å². The van der Waals surface area contributed by atoms with Crippen LogP contribution in [-0.4, -0.2) is 37.2 Å². The Morgan fingerprint density at radius 3 is 2.70 bits per heavy atom. The van der Waals surface area contributed by atoms with Crippen LogP contribution in [-0.2, 0) is 6.42 Å². The van der Waals surface area contributed by atoms with Crippen molar-refractivity contribution in [3.05, 3.63) is 58.4 Å². The lowest BCUT2D eigenvalue weighted by molar-refractivity contribution is 0.0954. The number of aromatic amines is 1. The topological polar surface area (TPSA) is 132 Å². The molecule has 1 aromatic carbocycles. The molecule has 27 heavy (non-hydrogen) atoms. The van der Waals surface area contributed by atoms with Gasteiger partial charge in [-0.15, -0.1) is 10.2 Å². The van der Waals surface area contributed by atoms with Crippen molar-refractivity contribution in [2.75, 3.05) is 12.3 Å². The quantitative estimate of drug-likeness (QED) is 0.599. The van der Waals surface area contributed by atoms with Gasteiger partial charge in [-0.05, 0) is 26.0 Å². The molecule has 0 saturated carbocycles. The highest BCUT2D eigenvalue weighted by molar-refractivity contribution is 5.94. The number of amides is 1. The molecule has 0 aliphatic carbocycles. The van der Waals surface area contributed by atoms with Crippen molar-refractivity contribution in [1.29, 1.82) is 0 Å². The Bertz CT molecular complexity index is 989. The summed E-state index contributed by atoms with van der Waals surface area (Å²) in [6.07, 6.45) is 2.29. The van der Waals surface area contributed by atoms with Gasteiger partial charge in [0.2, 0.25) is 5.95 Å². The monoisotopic (exact) mass is 367 g/mol. The van der Waals surface area contributed by atoms with Gasteiger partial charge in [-0.25, -0.2) is 4.98 Å². The maximum atomic E-state index is 12.3. The molecule has 9 nitrogen and oxygen atoms in total. The Balaban J connectivity index is 1.62. The molecule has 4 N–H and O–H groups in total. The third-order valence-corrected chi connectivity index (χ3v) is 4.04. The van der Waals surface area contributed by atoms with Crippen LogP contribution < -0.4 is 16.6 Å². The summed E-state index contributed by atoms with van der Waals surface area (Å²) in [5, 5.41) is 10.9. The number of nitrogens with two attached hydrogens (primary N) is 1. The lowest BCUT2D eigenvalue weighted by Crippen LogP contribution is -2.26. The van der Waals surface area contributed by atoms with Crippen molar-refractivity contribution in [3.63, 3.8) is 0 Å². The predicted octanol–water partition coefficient (Wildman–Crippen LogP) is 1.16. The number of rotatable bonds is 6. The zero-order valence-corrected chi connectivity index (χ0v) is 15.1. The van der Waals surface area contributed by atoms with Crippen molar-refractivity contribution in [2.24, 2.45) is 0 Å². The highest BCUT2D eigenvalue weighted by Crippen LogP contribution is 2.16. The summed E-state index contributed by atoms with van der Waals surface area (Å²) in [4.78, 5) is 30.3. The summed E-state index contributed by atoms with van der Waals surface area (Å²) in [7, 11) is 0. The van der Waals surface area contributed by atoms with Gasteiger partial charge in [0.05, 0.1) is 5.69 Å². The van der Waals surface area contributed by atoms with Crippen LogP contribution in [0.5, 0.6) is 0 Å². The highest BCUT2D eigenvalue weighted by atomic mass is 16.1. The lowest BCUT2D eigenvalue weighted by Gasteiger charge is -2.10. The summed E-state index contributed by atoms with van der Waals surface area (Å²) in [6, 6.07) is 8.44. The van der Waals surface area contributed by atoms with Crippen molar-refractivity contribution >= 4 is 11.9 Å². The van der Waals surface area contributed by atoms with E-state index in [1.54, 1.807) is 30.6 Å². The molecule has 0 atom stereocenters. The van der Waals surface area contributed by atoms with Gasteiger partial charge < -0.3 is 15.6 Å². The molecule has 2 heterocycles. The number of carbonyl (C=O) groups excluding carboxylic acids is 1. The van der Waals surface area contributed by atoms with Gasteiger partial charge in [0.25, 0.3) is 11.5 Å². The zero-order chi connectivity index (χ0) is 19.4. The SMILES string of the molecule is CC(C)n1cnnc1CCNC(=O)c1ccc(-c2cc(=O)[nH]c(N)n2)cc1. The van der Waals surface area contributed by atoms with Gasteiger partial charge in [-0.2, -0.15) is 0 Å². The van der Waals surface area contributed by atoms with Crippen molar-refractivity contribution in [2.45, 2.75) is 26.3 Å². The first-order valence-corrected chi connectivity index (χ1v) is 8.58. The number of H-pyrrole nitrogens is 1. The number of hydrogen-bond donors (Lipinski definition) is 3. The molecule has 140 valence electrons. The molecular weight excluding hydrogens is 346 g/mol. The molecule has 9 heteroatoms. The van der Waals surface area contributed by atoms with Gasteiger partial charge in [-0.1, -0.05) is 12.1 Å². The Hall–Kier alpha value is -3.49. The van der Waals surface area contributed by atoms with E-state index < -0.39 is 0 Å². The van der Waals surface area contributed by atoms with Gasteiger partial charge >= 0.3 is 0 Å². The van der Waals surface area contributed by atoms with Crippen LogP contribution in [0, 0.1) is 0 Å². The second-order valence-corrected chi connectivity index (χ2v) is 6.35. The third-order valence-electron chi connectivity index (χ3n) is 4.04. The summed E-state index contributed by atoms with van der Waals surface area (Å²) in [6.45, 7) is 4.56. The van der Waals surface area contributed by atoms with E-state index in [-0.39, 0.29) is 23.5 Å². The van der Waals surface area contributed by atoms with Crippen LogP contribution in [0.2, 0.25) is 0 Å². The molecule has 0 saturated heterocycles. The van der Waals surface area contributed by atoms with Gasteiger partial charge in [0, 0.05) is 36.2 Å². The molecule has 0 bridgehead atoms. The number of nitrogens with zero attached hydrogens (tertiary/aromatic N) is 4. The minimum Gasteiger partial charge on any atom is -0.369 e. The van der Waals surface area contributed by atoms with Gasteiger partial charge in [0.1, 0.15) is 12.2 Å². The Morgan fingerprint density at radius 1 is 1.30 bits per heavy atom. The first-order chi connectivity index (χ1) is 12.9. The van der Waals surface area contributed by atoms with E-state index >= 15 is 0 Å². The standard InChI is InChI=1S/C18H21N7O2/c1-11(2)25-10-21-24-15(25)7-8-20-17(27)13-5-3-12(4-6-13)14-9-16(26)23-18(19)22-14/h3-6,9-11H,7-8H2,1-2H3,(H,20,27)(H3,19,22,23,26). The highest BCUT2D eigenvalue weighted by Gasteiger charge is 2.10. The summed E-state index contributed by atoms with van der Waals surface area (Å²) < 4.78 is 1.97. The number of carbonyl (C=O) groups is 1. The predicted molar refractivity (Wildman–Crippen MR) is 101 cm³/mol. The second-order valence-electron chi connectivity index (χ2n) is 6.35.